The fourth-order valence-electron chi connectivity index (χ4n) is 3.92. The first kappa shape index (κ1) is 13.3. The quantitative estimate of drug-likeness (QED) is 0.780. The summed E-state index contributed by atoms with van der Waals surface area (Å²) >= 11 is 0. The fraction of sp³-hybridized carbons (Fsp3) is 0.933. The SMILES string of the molecule is O=C1CC[C@]2(CCCN(CC3CC3)CC2)N1CCF. The summed E-state index contributed by atoms with van der Waals surface area (Å²) in [6.45, 7) is 3.40. The van der Waals surface area contributed by atoms with Gasteiger partial charge in [-0.05, 0) is 51.0 Å². The van der Waals surface area contributed by atoms with Crippen molar-refractivity contribution in [3.63, 3.8) is 0 Å². The zero-order valence-corrected chi connectivity index (χ0v) is 11.7. The van der Waals surface area contributed by atoms with E-state index in [1.54, 1.807) is 0 Å². The molecule has 0 unspecified atom stereocenters. The van der Waals surface area contributed by atoms with Gasteiger partial charge in [0.15, 0.2) is 0 Å². The Hall–Kier alpha value is -0.640. The van der Waals surface area contributed by atoms with Gasteiger partial charge in [-0.1, -0.05) is 0 Å². The lowest BCUT2D eigenvalue weighted by Gasteiger charge is -2.37. The van der Waals surface area contributed by atoms with Crippen LogP contribution in [0.3, 0.4) is 0 Å². The molecule has 3 nitrogen and oxygen atoms in total. The summed E-state index contributed by atoms with van der Waals surface area (Å²) in [6.07, 6.45) is 7.64. The number of hydrogen-bond acceptors (Lipinski definition) is 2. The van der Waals surface area contributed by atoms with Gasteiger partial charge < -0.3 is 9.80 Å². The average molecular weight is 268 g/mol. The minimum absolute atomic E-state index is 0.0124. The molecule has 1 saturated carbocycles. The van der Waals surface area contributed by atoms with Gasteiger partial charge in [0.05, 0.1) is 0 Å². The van der Waals surface area contributed by atoms with Crippen LogP contribution in [0.4, 0.5) is 4.39 Å². The maximum Gasteiger partial charge on any atom is 0.223 e. The topological polar surface area (TPSA) is 23.6 Å². The highest BCUT2D eigenvalue weighted by Gasteiger charge is 2.45. The number of halogens is 1. The lowest BCUT2D eigenvalue weighted by atomic mass is 9.88. The summed E-state index contributed by atoms with van der Waals surface area (Å²) in [4.78, 5) is 16.4. The van der Waals surface area contributed by atoms with Gasteiger partial charge in [0, 0.05) is 31.6 Å². The summed E-state index contributed by atoms with van der Waals surface area (Å²) in [5.41, 5.74) is -0.0124. The maximum absolute atomic E-state index is 12.7. The maximum atomic E-state index is 12.7. The summed E-state index contributed by atoms with van der Waals surface area (Å²) in [6, 6.07) is 0. The first-order valence-electron chi connectivity index (χ1n) is 7.82. The molecule has 3 aliphatic rings. The van der Waals surface area contributed by atoms with Gasteiger partial charge >= 0.3 is 0 Å². The van der Waals surface area contributed by atoms with E-state index in [2.05, 4.69) is 4.90 Å². The molecular weight excluding hydrogens is 243 g/mol. The van der Waals surface area contributed by atoms with Gasteiger partial charge in [-0.3, -0.25) is 4.79 Å². The Morgan fingerprint density at radius 1 is 1.21 bits per heavy atom. The van der Waals surface area contributed by atoms with E-state index in [4.69, 9.17) is 0 Å². The second kappa shape index (κ2) is 5.39. The third-order valence-corrected chi connectivity index (χ3v) is 5.21. The van der Waals surface area contributed by atoms with E-state index >= 15 is 0 Å². The molecule has 2 saturated heterocycles. The van der Waals surface area contributed by atoms with Gasteiger partial charge in [0.2, 0.25) is 5.91 Å². The second-order valence-corrected chi connectivity index (χ2v) is 6.56. The third kappa shape index (κ3) is 2.78. The molecule has 108 valence electrons. The summed E-state index contributed by atoms with van der Waals surface area (Å²) in [5.74, 6) is 1.11. The number of likely N-dealkylation sites (tertiary alicyclic amines) is 2. The van der Waals surface area contributed by atoms with Gasteiger partial charge in [0.1, 0.15) is 6.67 Å². The van der Waals surface area contributed by atoms with Crippen molar-refractivity contribution in [1.82, 2.24) is 9.80 Å². The minimum atomic E-state index is -0.403. The molecule has 0 N–H and O–H groups in total. The molecule has 1 spiro atoms. The van der Waals surface area contributed by atoms with Crippen LogP contribution in [0.1, 0.15) is 44.9 Å². The van der Waals surface area contributed by atoms with Gasteiger partial charge in [0.25, 0.3) is 0 Å². The van der Waals surface area contributed by atoms with Gasteiger partial charge in [-0.15, -0.1) is 0 Å². The number of nitrogens with zero attached hydrogens (tertiary/aromatic N) is 2. The van der Waals surface area contributed by atoms with Crippen molar-refractivity contribution in [3.8, 4) is 0 Å². The Labute approximate surface area is 115 Å². The number of hydrogen-bond donors (Lipinski definition) is 0. The van der Waals surface area contributed by atoms with Crippen LogP contribution < -0.4 is 0 Å². The van der Waals surface area contributed by atoms with Crippen molar-refractivity contribution in [3.05, 3.63) is 0 Å². The van der Waals surface area contributed by atoms with Crippen molar-refractivity contribution in [2.45, 2.75) is 50.5 Å². The molecule has 0 aromatic heterocycles. The van der Waals surface area contributed by atoms with Gasteiger partial charge in [-0.25, -0.2) is 4.39 Å². The first-order chi connectivity index (χ1) is 9.23. The van der Waals surface area contributed by atoms with E-state index < -0.39 is 6.67 Å². The molecular formula is C15H25FN2O. The van der Waals surface area contributed by atoms with Crippen LogP contribution in [0, 0.1) is 5.92 Å². The Morgan fingerprint density at radius 3 is 2.79 bits per heavy atom. The molecule has 0 bridgehead atoms. The highest BCUT2D eigenvalue weighted by molar-refractivity contribution is 5.79. The molecule has 0 aromatic rings. The van der Waals surface area contributed by atoms with Crippen LogP contribution in [0.2, 0.25) is 0 Å². The van der Waals surface area contributed by atoms with Crippen molar-refractivity contribution >= 4 is 5.91 Å². The first-order valence-corrected chi connectivity index (χ1v) is 7.82. The molecule has 2 heterocycles. The molecule has 1 amide bonds. The Kier molecular flexibility index (Phi) is 3.79. The summed E-state index contributed by atoms with van der Waals surface area (Å²) in [7, 11) is 0. The Balaban J connectivity index is 1.64. The molecule has 0 radical (unpaired) electrons. The molecule has 1 atom stereocenters. The van der Waals surface area contributed by atoms with Crippen molar-refractivity contribution < 1.29 is 9.18 Å². The number of carbonyl (C=O) groups is 1. The van der Waals surface area contributed by atoms with Crippen LogP contribution in [-0.2, 0) is 4.79 Å². The number of carbonyl (C=O) groups excluding carboxylic acids is 1. The minimum Gasteiger partial charge on any atom is -0.334 e. The lowest BCUT2D eigenvalue weighted by Crippen LogP contribution is -2.47. The number of amides is 1. The van der Waals surface area contributed by atoms with E-state index in [0.717, 1.165) is 44.7 Å². The largest absolute Gasteiger partial charge is 0.334 e. The fourth-order valence-corrected chi connectivity index (χ4v) is 3.92. The van der Waals surface area contributed by atoms with Crippen LogP contribution in [-0.4, -0.2) is 54.1 Å². The summed E-state index contributed by atoms with van der Waals surface area (Å²) < 4.78 is 12.7. The number of alkyl halides is 1. The standard InChI is InChI=1S/C15H25FN2O/c16-8-11-18-14(19)4-6-15(18)5-1-9-17(10-7-15)12-13-2-3-13/h13H,1-12H2/t15-/m0/s1. The zero-order chi connectivity index (χ0) is 13.3. The molecule has 3 rings (SSSR count). The van der Waals surface area contributed by atoms with Crippen molar-refractivity contribution in [1.29, 1.82) is 0 Å². The second-order valence-electron chi connectivity index (χ2n) is 6.56. The van der Waals surface area contributed by atoms with Crippen LogP contribution in [0.5, 0.6) is 0 Å². The van der Waals surface area contributed by atoms with Crippen LogP contribution in [0.25, 0.3) is 0 Å². The van der Waals surface area contributed by atoms with E-state index in [9.17, 15) is 9.18 Å². The summed E-state index contributed by atoms with van der Waals surface area (Å²) in [5, 5.41) is 0. The molecule has 3 fully saturated rings. The average Bonchev–Trinajstić information content (AvgIpc) is 3.18. The molecule has 2 aliphatic heterocycles. The highest BCUT2D eigenvalue weighted by atomic mass is 19.1. The smallest absolute Gasteiger partial charge is 0.223 e. The normalized spacial score (nSPS) is 33.1. The predicted molar refractivity (Wildman–Crippen MR) is 72.7 cm³/mol. The number of rotatable bonds is 4. The van der Waals surface area contributed by atoms with Crippen molar-refractivity contribution in [2.24, 2.45) is 5.92 Å². The Morgan fingerprint density at radius 2 is 2.05 bits per heavy atom. The molecule has 0 aromatic carbocycles. The van der Waals surface area contributed by atoms with E-state index in [1.807, 2.05) is 4.90 Å². The van der Waals surface area contributed by atoms with Crippen LogP contribution >= 0.6 is 0 Å². The zero-order valence-electron chi connectivity index (χ0n) is 11.7. The monoisotopic (exact) mass is 268 g/mol. The van der Waals surface area contributed by atoms with E-state index in [1.165, 1.54) is 19.4 Å². The van der Waals surface area contributed by atoms with Crippen molar-refractivity contribution in [2.75, 3.05) is 32.9 Å². The van der Waals surface area contributed by atoms with E-state index in [0.29, 0.717) is 13.0 Å². The highest BCUT2D eigenvalue weighted by Crippen LogP contribution is 2.39. The molecule has 1 aliphatic carbocycles. The van der Waals surface area contributed by atoms with Gasteiger partial charge in [-0.2, -0.15) is 0 Å². The lowest BCUT2D eigenvalue weighted by molar-refractivity contribution is -0.131. The predicted octanol–water partition coefficient (Wildman–Crippen LogP) is 2.21. The Bertz CT molecular complexity index is 345. The molecule has 4 heteroatoms. The molecule has 19 heavy (non-hydrogen) atoms. The van der Waals surface area contributed by atoms with E-state index in [-0.39, 0.29) is 11.4 Å². The van der Waals surface area contributed by atoms with Crippen LogP contribution in [0.15, 0.2) is 0 Å². The third-order valence-electron chi connectivity index (χ3n) is 5.21.